The highest BCUT2D eigenvalue weighted by molar-refractivity contribution is 9.11. The first kappa shape index (κ1) is 19.2. The summed E-state index contributed by atoms with van der Waals surface area (Å²) >= 11 is 3.34. The number of ether oxygens (including phenoxy) is 1. The van der Waals surface area contributed by atoms with Crippen molar-refractivity contribution >= 4 is 22.0 Å². The number of amides is 1. The molecule has 4 nitrogen and oxygen atoms in total. The molecule has 0 bridgehead atoms. The van der Waals surface area contributed by atoms with Crippen LogP contribution in [0.2, 0.25) is 0 Å². The summed E-state index contributed by atoms with van der Waals surface area (Å²) in [7, 11) is 0. The molecule has 2 atom stereocenters. The minimum Gasteiger partial charge on any atom is -0.444 e. The lowest BCUT2D eigenvalue weighted by atomic mass is 10.0. The zero-order valence-corrected chi connectivity index (χ0v) is 14.5. The number of rotatable bonds is 6. The highest BCUT2D eigenvalue weighted by atomic mass is 79.9. The molecule has 20 heavy (non-hydrogen) atoms. The van der Waals surface area contributed by atoms with Crippen LogP contribution in [0.15, 0.2) is 23.2 Å². The molecule has 2 N–H and O–H groups in total. The predicted octanol–water partition coefficient (Wildman–Crippen LogP) is 3.75. The molecule has 0 spiro atoms. The Kier molecular flexibility index (Phi) is 8.13. The van der Waals surface area contributed by atoms with Crippen molar-refractivity contribution in [3.05, 3.63) is 23.2 Å². The quantitative estimate of drug-likeness (QED) is 0.719. The van der Waals surface area contributed by atoms with Crippen molar-refractivity contribution in [1.29, 1.82) is 0 Å². The summed E-state index contributed by atoms with van der Waals surface area (Å²) in [5.74, 6) is 0.172. The zero-order chi connectivity index (χ0) is 15.9. The number of hydrogen-bond donors (Lipinski definition) is 2. The summed E-state index contributed by atoms with van der Waals surface area (Å²) < 4.78 is 5.87. The molecular formula is C15H26BrNO3. The van der Waals surface area contributed by atoms with Crippen molar-refractivity contribution in [3.8, 4) is 0 Å². The first-order chi connectivity index (χ1) is 9.06. The standard InChI is InChI=1S/C15H26BrNO3/c1-7-8-13(18)11(16)9-12(10(2)3)17-14(19)20-15(4,5)6/h7,9-10,12-13,18H,1,8H2,2-6H3,(H,17,19)/b11-9-. The van der Waals surface area contributed by atoms with Crippen LogP contribution >= 0.6 is 15.9 Å². The average molecular weight is 348 g/mol. The van der Waals surface area contributed by atoms with E-state index in [0.717, 1.165) is 0 Å². The Balaban J connectivity index is 4.78. The van der Waals surface area contributed by atoms with Gasteiger partial charge in [-0.2, -0.15) is 0 Å². The molecule has 0 saturated heterocycles. The smallest absolute Gasteiger partial charge is 0.408 e. The van der Waals surface area contributed by atoms with E-state index in [1.807, 2.05) is 34.6 Å². The van der Waals surface area contributed by atoms with Gasteiger partial charge in [-0.3, -0.25) is 0 Å². The minimum absolute atomic E-state index is 0.172. The Hall–Kier alpha value is -0.810. The van der Waals surface area contributed by atoms with Gasteiger partial charge < -0.3 is 15.2 Å². The van der Waals surface area contributed by atoms with Gasteiger partial charge in [-0.1, -0.05) is 35.9 Å². The van der Waals surface area contributed by atoms with Crippen molar-refractivity contribution in [2.75, 3.05) is 0 Å². The molecule has 0 aromatic carbocycles. The van der Waals surface area contributed by atoms with E-state index in [0.29, 0.717) is 10.9 Å². The van der Waals surface area contributed by atoms with Crippen molar-refractivity contribution < 1.29 is 14.6 Å². The van der Waals surface area contributed by atoms with Gasteiger partial charge in [0.2, 0.25) is 0 Å². The lowest BCUT2D eigenvalue weighted by molar-refractivity contribution is 0.0503. The molecule has 0 radical (unpaired) electrons. The largest absolute Gasteiger partial charge is 0.444 e. The van der Waals surface area contributed by atoms with Crippen LogP contribution in [0.3, 0.4) is 0 Å². The van der Waals surface area contributed by atoms with Crippen LogP contribution in [0, 0.1) is 5.92 Å². The topological polar surface area (TPSA) is 58.6 Å². The number of aliphatic hydroxyl groups is 1. The molecule has 0 heterocycles. The van der Waals surface area contributed by atoms with E-state index in [1.54, 1.807) is 12.2 Å². The zero-order valence-electron chi connectivity index (χ0n) is 12.9. The summed E-state index contributed by atoms with van der Waals surface area (Å²) in [5.41, 5.74) is -0.533. The summed E-state index contributed by atoms with van der Waals surface area (Å²) in [6.45, 7) is 13.0. The predicted molar refractivity (Wildman–Crippen MR) is 85.8 cm³/mol. The van der Waals surface area contributed by atoms with Gasteiger partial charge in [-0.25, -0.2) is 4.79 Å². The Morgan fingerprint density at radius 1 is 1.45 bits per heavy atom. The molecule has 0 saturated carbocycles. The van der Waals surface area contributed by atoms with Gasteiger partial charge >= 0.3 is 6.09 Å². The summed E-state index contributed by atoms with van der Waals surface area (Å²) in [6.07, 6.45) is 2.78. The summed E-state index contributed by atoms with van der Waals surface area (Å²) in [6, 6.07) is -0.223. The maximum absolute atomic E-state index is 11.8. The maximum atomic E-state index is 11.8. The number of halogens is 1. The SMILES string of the molecule is C=CCC(O)/C(Br)=C/C(NC(=O)OC(C)(C)C)C(C)C. The van der Waals surface area contributed by atoms with Gasteiger partial charge in [-0.15, -0.1) is 6.58 Å². The summed E-state index contributed by atoms with van der Waals surface area (Å²) in [4.78, 5) is 11.8. The Morgan fingerprint density at radius 2 is 2.00 bits per heavy atom. The molecule has 5 heteroatoms. The van der Waals surface area contributed by atoms with E-state index in [1.165, 1.54) is 0 Å². The molecule has 116 valence electrons. The lowest BCUT2D eigenvalue weighted by Gasteiger charge is -2.24. The van der Waals surface area contributed by atoms with E-state index in [2.05, 4.69) is 27.8 Å². The molecule has 2 unspecified atom stereocenters. The molecule has 0 aromatic heterocycles. The van der Waals surface area contributed by atoms with E-state index < -0.39 is 17.8 Å². The molecule has 0 aliphatic heterocycles. The minimum atomic E-state index is -0.644. The molecule has 0 aromatic rings. The number of aliphatic hydroxyl groups excluding tert-OH is 1. The van der Waals surface area contributed by atoms with Crippen LogP contribution in [0.5, 0.6) is 0 Å². The van der Waals surface area contributed by atoms with E-state index in [-0.39, 0.29) is 12.0 Å². The summed E-state index contributed by atoms with van der Waals surface area (Å²) in [5, 5.41) is 12.6. The Bertz CT molecular complexity index is 359. The van der Waals surface area contributed by atoms with Crippen molar-refractivity contribution in [1.82, 2.24) is 5.32 Å². The second kappa shape index (κ2) is 8.47. The van der Waals surface area contributed by atoms with Crippen LogP contribution in [0.4, 0.5) is 4.79 Å². The van der Waals surface area contributed by atoms with Gasteiger partial charge in [0, 0.05) is 4.48 Å². The fourth-order valence-electron chi connectivity index (χ4n) is 1.40. The van der Waals surface area contributed by atoms with Crippen LogP contribution < -0.4 is 5.32 Å². The van der Waals surface area contributed by atoms with Gasteiger partial charge in [0.25, 0.3) is 0 Å². The average Bonchev–Trinajstić information content (AvgIpc) is 2.25. The highest BCUT2D eigenvalue weighted by Gasteiger charge is 2.21. The van der Waals surface area contributed by atoms with Crippen molar-refractivity contribution in [3.63, 3.8) is 0 Å². The normalized spacial score (nSPS) is 15.7. The van der Waals surface area contributed by atoms with Gasteiger partial charge in [0.05, 0.1) is 12.1 Å². The number of carbonyl (C=O) groups is 1. The van der Waals surface area contributed by atoms with Crippen LogP contribution in [0.1, 0.15) is 41.0 Å². The van der Waals surface area contributed by atoms with Gasteiger partial charge in [0.15, 0.2) is 0 Å². The maximum Gasteiger partial charge on any atom is 0.408 e. The molecule has 0 rings (SSSR count). The number of carbonyl (C=O) groups excluding carboxylic acids is 1. The van der Waals surface area contributed by atoms with Crippen LogP contribution in [0.25, 0.3) is 0 Å². The third kappa shape index (κ3) is 8.38. The fourth-order valence-corrected chi connectivity index (χ4v) is 1.87. The van der Waals surface area contributed by atoms with Gasteiger partial charge in [-0.05, 0) is 39.2 Å². The molecule has 0 aliphatic rings. The van der Waals surface area contributed by atoms with Crippen molar-refractivity contribution in [2.45, 2.75) is 58.8 Å². The molecule has 0 fully saturated rings. The molecular weight excluding hydrogens is 322 g/mol. The third-order valence-corrected chi connectivity index (χ3v) is 3.24. The van der Waals surface area contributed by atoms with Crippen LogP contribution in [-0.2, 0) is 4.74 Å². The Morgan fingerprint density at radius 3 is 2.40 bits per heavy atom. The highest BCUT2D eigenvalue weighted by Crippen LogP contribution is 2.18. The second-order valence-corrected chi connectivity index (χ2v) is 6.92. The number of alkyl carbamates (subject to hydrolysis) is 1. The van der Waals surface area contributed by atoms with E-state index in [9.17, 15) is 9.90 Å². The number of nitrogens with one attached hydrogen (secondary N) is 1. The van der Waals surface area contributed by atoms with Crippen LogP contribution in [-0.4, -0.2) is 28.9 Å². The monoisotopic (exact) mass is 347 g/mol. The van der Waals surface area contributed by atoms with E-state index >= 15 is 0 Å². The molecule has 0 aliphatic carbocycles. The fraction of sp³-hybridized carbons (Fsp3) is 0.667. The molecule has 1 amide bonds. The van der Waals surface area contributed by atoms with Gasteiger partial charge in [0.1, 0.15) is 5.60 Å². The van der Waals surface area contributed by atoms with E-state index in [4.69, 9.17) is 4.74 Å². The first-order valence-electron chi connectivity index (χ1n) is 6.72. The second-order valence-electron chi connectivity index (χ2n) is 6.01. The number of hydrogen-bond acceptors (Lipinski definition) is 3. The van der Waals surface area contributed by atoms with Crippen molar-refractivity contribution in [2.24, 2.45) is 5.92 Å². The first-order valence-corrected chi connectivity index (χ1v) is 7.51. The Labute approximate surface area is 130 Å². The third-order valence-electron chi connectivity index (χ3n) is 2.45. The lowest BCUT2D eigenvalue weighted by Crippen LogP contribution is -2.41.